The number of fused-ring (bicyclic) bond motifs is 4. The number of benzene rings is 4. The first-order chi connectivity index (χ1) is 35.2. The normalized spacial score (nSPS) is 12.5. The number of rotatable bonds is 14. The number of amides is 3. The van der Waals surface area contributed by atoms with E-state index in [1.807, 2.05) is 78.9 Å². The Bertz CT molecular complexity index is 3590. The molecule has 10 aromatic rings. The molecule has 6 aromatic heterocycles. The van der Waals surface area contributed by atoms with Crippen molar-refractivity contribution in [3.05, 3.63) is 167 Å². The molecule has 1 aliphatic rings. The van der Waals surface area contributed by atoms with Gasteiger partial charge in [0.25, 0.3) is 11.8 Å². The molecule has 0 spiro atoms. The van der Waals surface area contributed by atoms with E-state index in [1.165, 1.54) is 12.8 Å². The van der Waals surface area contributed by atoms with Crippen molar-refractivity contribution in [1.29, 1.82) is 0 Å². The summed E-state index contributed by atoms with van der Waals surface area (Å²) in [6.45, 7) is 5.03. The fraction of sp³-hybridized carbons (Fsp3) is 0.204. The van der Waals surface area contributed by atoms with E-state index in [2.05, 4.69) is 75.7 Å². The summed E-state index contributed by atoms with van der Waals surface area (Å²) < 4.78 is 3.57. The van der Waals surface area contributed by atoms with E-state index < -0.39 is 0 Å². The molecule has 0 atom stereocenters. The Kier molecular flexibility index (Phi) is 14.2. The molecular weight excluding hydrogens is 928 g/mol. The van der Waals surface area contributed by atoms with Gasteiger partial charge in [0.05, 0.1) is 46.1 Å². The van der Waals surface area contributed by atoms with Gasteiger partial charge in [-0.25, -0.2) is 19.3 Å². The molecule has 11 rings (SSSR count). The molecule has 0 bridgehead atoms. The number of aromatic nitrogens is 10. The molecule has 1 fully saturated rings. The molecule has 360 valence electrons. The number of nitrogens with zero attached hydrogens (tertiary/aromatic N) is 11. The Hall–Kier alpha value is -8.54. The van der Waals surface area contributed by atoms with Gasteiger partial charge in [0.1, 0.15) is 11.0 Å². The molecule has 4 aromatic carbocycles. The summed E-state index contributed by atoms with van der Waals surface area (Å²) in [5.41, 5.74) is 11.0. The molecule has 1 saturated heterocycles. The highest BCUT2D eigenvalue weighted by Crippen LogP contribution is 2.27. The lowest BCUT2D eigenvalue weighted by atomic mass is 10.1. The van der Waals surface area contributed by atoms with Gasteiger partial charge in [-0.15, -0.1) is 10.2 Å². The predicted octanol–water partition coefficient (Wildman–Crippen LogP) is 7.52. The summed E-state index contributed by atoms with van der Waals surface area (Å²) in [4.78, 5) is 57.1. The van der Waals surface area contributed by atoms with Crippen molar-refractivity contribution >= 4 is 73.5 Å². The van der Waals surface area contributed by atoms with Crippen molar-refractivity contribution in [1.82, 2.24) is 70.8 Å². The fourth-order valence-electron chi connectivity index (χ4n) is 8.62. The van der Waals surface area contributed by atoms with Gasteiger partial charge in [-0.1, -0.05) is 70.6 Å². The number of pyridine rings is 4. The van der Waals surface area contributed by atoms with Crippen molar-refractivity contribution in [3.8, 4) is 22.5 Å². The van der Waals surface area contributed by atoms with Gasteiger partial charge in [0.15, 0.2) is 11.3 Å². The lowest BCUT2D eigenvalue weighted by molar-refractivity contribution is -0.120. The third-order valence-electron chi connectivity index (χ3n) is 12.5. The molecule has 18 heteroatoms. The van der Waals surface area contributed by atoms with Crippen LogP contribution in [0.4, 0.5) is 0 Å². The molecule has 3 N–H and O–H groups in total. The van der Waals surface area contributed by atoms with Crippen LogP contribution >= 0.6 is 11.6 Å². The Morgan fingerprint density at radius 2 is 1.21 bits per heavy atom. The van der Waals surface area contributed by atoms with Crippen LogP contribution in [0.1, 0.15) is 51.1 Å². The summed E-state index contributed by atoms with van der Waals surface area (Å²) in [5, 5.41) is 28.0. The first kappa shape index (κ1) is 47.2. The van der Waals surface area contributed by atoms with E-state index in [9.17, 15) is 14.4 Å². The van der Waals surface area contributed by atoms with Crippen molar-refractivity contribution in [2.45, 2.75) is 32.4 Å². The second-order valence-electron chi connectivity index (χ2n) is 17.4. The van der Waals surface area contributed by atoms with E-state index in [-0.39, 0.29) is 30.7 Å². The third kappa shape index (κ3) is 10.9. The molecule has 1 aliphatic heterocycles. The zero-order chi connectivity index (χ0) is 49.4. The topological polar surface area (TPSA) is 204 Å². The number of carbonyl (C=O) groups is 3. The lowest BCUT2D eigenvalue weighted by Gasteiger charge is -2.15. The van der Waals surface area contributed by atoms with Crippen LogP contribution in [0.5, 0.6) is 0 Å². The number of halogens is 1. The van der Waals surface area contributed by atoms with Crippen molar-refractivity contribution in [2.24, 2.45) is 0 Å². The number of carbonyl (C=O) groups excluding carboxylic acids is 3. The van der Waals surface area contributed by atoms with Crippen LogP contribution in [0, 0.1) is 0 Å². The van der Waals surface area contributed by atoms with Gasteiger partial charge in [0, 0.05) is 73.0 Å². The van der Waals surface area contributed by atoms with E-state index in [4.69, 9.17) is 21.6 Å². The second kappa shape index (κ2) is 21.6. The molecule has 17 nitrogen and oxygen atoms in total. The van der Waals surface area contributed by atoms with E-state index in [0.29, 0.717) is 58.1 Å². The number of likely N-dealkylation sites (tertiary alicyclic amines) is 1. The minimum Gasteiger partial charge on any atom is -0.359 e. The quantitative estimate of drug-likeness (QED) is 0.0969. The Balaban J connectivity index is 0.000000166. The van der Waals surface area contributed by atoms with E-state index >= 15 is 0 Å². The largest absolute Gasteiger partial charge is 0.359 e. The summed E-state index contributed by atoms with van der Waals surface area (Å²) in [5.74, 6) is -0.503. The van der Waals surface area contributed by atoms with E-state index in [0.717, 1.165) is 75.1 Å². The molecule has 0 aliphatic carbocycles. The van der Waals surface area contributed by atoms with E-state index in [1.54, 1.807) is 53.1 Å². The smallest absolute Gasteiger partial charge is 0.252 e. The zero-order valence-corrected chi connectivity index (χ0v) is 40.1. The first-order valence-electron chi connectivity index (χ1n) is 23.7. The van der Waals surface area contributed by atoms with Crippen LogP contribution in [0.15, 0.2) is 140 Å². The average molecular weight is 978 g/mol. The fourth-order valence-corrected chi connectivity index (χ4v) is 8.88. The van der Waals surface area contributed by atoms with Gasteiger partial charge in [-0.3, -0.25) is 24.4 Å². The average Bonchev–Trinajstić information content (AvgIpc) is 4.19. The standard InChI is InChI=1S/C28H26ClN7O.C26H23N7O2/c29-23-17-21(7-8-22(23)28(37)31-12-15-35-13-1-2-14-35)24-9-10-25-27(32-24)36(34-33-25)18-19-5-6-20-4-3-11-30-26(20)16-19;1-27-24(34)12-14-29-26(35)19-7-5-18(6-8-19)22-10-11-23-25(30-22)33(32-31-23)16-17-4-9-21-20(15-17)3-2-13-28-21/h3-11,16-17H,1-2,12-15,18H2,(H,31,37);2-11,13,15H,12,14,16H2,1H3,(H,27,34)(H,29,35). The molecule has 0 saturated carbocycles. The lowest BCUT2D eigenvalue weighted by Crippen LogP contribution is -2.33. The maximum Gasteiger partial charge on any atom is 0.252 e. The Morgan fingerprint density at radius 1 is 0.597 bits per heavy atom. The minimum atomic E-state index is -0.225. The Morgan fingerprint density at radius 3 is 1.90 bits per heavy atom. The van der Waals surface area contributed by atoms with Gasteiger partial charge >= 0.3 is 0 Å². The van der Waals surface area contributed by atoms with Crippen LogP contribution in [-0.4, -0.2) is 112 Å². The highest BCUT2D eigenvalue weighted by Gasteiger charge is 2.17. The second-order valence-corrected chi connectivity index (χ2v) is 17.8. The summed E-state index contributed by atoms with van der Waals surface area (Å²) in [7, 11) is 1.57. The minimum absolute atomic E-state index is 0.117. The summed E-state index contributed by atoms with van der Waals surface area (Å²) in [6.07, 6.45) is 6.28. The van der Waals surface area contributed by atoms with Crippen LogP contribution in [-0.2, 0) is 17.9 Å². The van der Waals surface area contributed by atoms with Crippen LogP contribution in [0.25, 0.3) is 66.6 Å². The highest BCUT2D eigenvalue weighted by molar-refractivity contribution is 6.34. The van der Waals surface area contributed by atoms with Crippen molar-refractivity contribution in [3.63, 3.8) is 0 Å². The maximum atomic E-state index is 12.7. The zero-order valence-electron chi connectivity index (χ0n) is 39.4. The molecule has 0 radical (unpaired) electrons. The first-order valence-corrected chi connectivity index (χ1v) is 24.1. The number of nitrogens with one attached hydrogen (secondary N) is 3. The van der Waals surface area contributed by atoms with Gasteiger partial charge in [0.2, 0.25) is 5.91 Å². The monoisotopic (exact) mass is 976 g/mol. The predicted molar refractivity (Wildman–Crippen MR) is 277 cm³/mol. The molecule has 72 heavy (non-hydrogen) atoms. The van der Waals surface area contributed by atoms with Crippen LogP contribution in [0.3, 0.4) is 0 Å². The van der Waals surface area contributed by atoms with Gasteiger partial charge < -0.3 is 20.9 Å². The summed E-state index contributed by atoms with van der Waals surface area (Å²) in [6, 6.07) is 40.4. The number of hydrogen-bond donors (Lipinski definition) is 3. The van der Waals surface area contributed by atoms with Crippen molar-refractivity contribution < 1.29 is 14.4 Å². The van der Waals surface area contributed by atoms with Crippen LogP contribution in [0.2, 0.25) is 5.02 Å². The highest BCUT2D eigenvalue weighted by atomic mass is 35.5. The molecule has 3 amide bonds. The van der Waals surface area contributed by atoms with Crippen molar-refractivity contribution in [2.75, 3.05) is 39.8 Å². The van der Waals surface area contributed by atoms with Gasteiger partial charge in [-0.05, 0) is 116 Å². The third-order valence-corrected chi connectivity index (χ3v) is 12.8. The number of hydrogen-bond acceptors (Lipinski definition) is 12. The molecule has 0 unspecified atom stereocenters. The SMILES string of the molecule is CNC(=O)CCNC(=O)c1ccc(-c2ccc3nnn(Cc4ccc5ncccc5c4)c3n2)cc1.O=C(NCCN1CCCC1)c1ccc(-c2ccc3nnn(Cc4ccc5cccnc5c4)c3n2)cc1Cl. The Labute approximate surface area is 418 Å². The van der Waals surface area contributed by atoms with Gasteiger partial charge in [-0.2, -0.15) is 0 Å². The summed E-state index contributed by atoms with van der Waals surface area (Å²) >= 11 is 6.53. The molecular formula is C54H49ClN14O3. The van der Waals surface area contributed by atoms with Crippen LogP contribution < -0.4 is 16.0 Å². The maximum absolute atomic E-state index is 12.7. The molecule has 7 heterocycles.